The van der Waals surface area contributed by atoms with Gasteiger partial charge in [0.15, 0.2) is 0 Å². The van der Waals surface area contributed by atoms with Gasteiger partial charge in [-0.1, -0.05) is 37.5 Å². The van der Waals surface area contributed by atoms with Crippen LogP contribution in [-0.4, -0.2) is 35.8 Å². The van der Waals surface area contributed by atoms with Crippen LogP contribution in [0.4, 0.5) is 0 Å². The third kappa shape index (κ3) is 2.90. The monoisotopic (exact) mass is 258 g/mol. The van der Waals surface area contributed by atoms with Gasteiger partial charge in [-0.15, -0.1) is 0 Å². The van der Waals surface area contributed by atoms with Gasteiger partial charge < -0.3 is 0 Å². The molecular formula is C15H18N2O2. The summed E-state index contributed by atoms with van der Waals surface area (Å²) >= 11 is 0. The number of allylic oxidation sites excluding steroid dienone is 4. The van der Waals surface area contributed by atoms with E-state index < -0.39 is 0 Å². The van der Waals surface area contributed by atoms with E-state index in [-0.39, 0.29) is 17.9 Å². The molecule has 19 heavy (non-hydrogen) atoms. The maximum atomic E-state index is 11.9. The number of carbonyl (C=O) groups excluding carboxylic acids is 2. The van der Waals surface area contributed by atoms with Crippen molar-refractivity contribution in [3.8, 4) is 0 Å². The Morgan fingerprint density at radius 3 is 2.16 bits per heavy atom. The topological polar surface area (TPSA) is 49.4 Å². The summed E-state index contributed by atoms with van der Waals surface area (Å²) in [5.74, 6) is -0.363. The number of hydrogen-bond donors (Lipinski definition) is 1. The summed E-state index contributed by atoms with van der Waals surface area (Å²) in [7, 11) is 0. The average Bonchev–Trinajstić information content (AvgIpc) is 2.73. The van der Waals surface area contributed by atoms with Gasteiger partial charge >= 0.3 is 0 Å². The second-order valence-electron chi connectivity index (χ2n) is 4.73. The predicted molar refractivity (Wildman–Crippen MR) is 74.3 cm³/mol. The molecule has 0 bridgehead atoms. The number of amides is 2. The Bertz CT molecular complexity index is 462. The van der Waals surface area contributed by atoms with Crippen molar-refractivity contribution in [3.05, 3.63) is 48.6 Å². The number of likely N-dealkylation sites (tertiary alicyclic amines) is 1. The van der Waals surface area contributed by atoms with E-state index >= 15 is 0 Å². The minimum absolute atomic E-state index is 0.177. The molecule has 2 heterocycles. The van der Waals surface area contributed by atoms with Crippen molar-refractivity contribution in [1.82, 2.24) is 10.2 Å². The van der Waals surface area contributed by atoms with Crippen molar-refractivity contribution in [1.29, 1.82) is 0 Å². The molecule has 0 aromatic rings. The molecule has 0 aromatic heterocycles. The number of hydrogen-bond acceptors (Lipinski definition) is 3. The molecule has 2 rings (SSSR count). The first-order chi connectivity index (χ1) is 9.15. The molecule has 2 saturated heterocycles. The molecule has 2 aliphatic rings. The van der Waals surface area contributed by atoms with E-state index in [1.165, 1.54) is 0 Å². The van der Waals surface area contributed by atoms with Crippen LogP contribution in [-0.2, 0) is 9.59 Å². The maximum absolute atomic E-state index is 11.9. The summed E-state index contributed by atoms with van der Waals surface area (Å²) in [6.07, 6.45) is 8.42. The van der Waals surface area contributed by atoms with Gasteiger partial charge in [0.1, 0.15) is 0 Å². The van der Waals surface area contributed by atoms with E-state index in [0.717, 1.165) is 11.1 Å². The quantitative estimate of drug-likeness (QED) is 0.777. The summed E-state index contributed by atoms with van der Waals surface area (Å²) < 4.78 is 0. The van der Waals surface area contributed by atoms with Gasteiger partial charge in [0.05, 0.1) is 6.04 Å². The zero-order valence-corrected chi connectivity index (χ0v) is 10.9. The smallest absolute Gasteiger partial charge is 0.243 e. The highest BCUT2D eigenvalue weighted by atomic mass is 16.2. The van der Waals surface area contributed by atoms with Crippen molar-refractivity contribution in [3.63, 3.8) is 0 Å². The van der Waals surface area contributed by atoms with Gasteiger partial charge in [0.2, 0.25) is 11.8 Å². The number of nitrogens with one attached hydrogen (secondary N) is 1. The molecule has 4 nitrogen and oxygen atoms in total. The second-order valence-corrected chi connectivity index (χ2v) is 4.73. The third-order valence-electron chi connectivity index (χ3n) is 3.45. The van der Waals surface area contributed by atoms with Crippen molar-refractivity contribution in [2.24, 2.45) is 0 Å². The number of carbonyl (C=O) groups is 2. The fourth-order valence-corrected chi connectivity index (χ4v) is 2.55. The highest BCUT2D eigenvalue weighted by molar-refractivity contribution is 6.00. The molecule has 1 atom stereocenters. The molecule has 2 aliphatic heterocycles. The molecule has 0 aliphatic carbocycles. The molecule has 0 spiro atoms. The first-order valence-corrected chi connectivity index (χ1v) is 6.37. The summed E-state index contributed by atoms with van der Waals surface area (Å²) in [4.78, 5) is 25.1. The van der Waals surface area contributed by atoms with Gasteiger partial charge in [-0.3, -0.25) is 19.8 Å². The minimum Gasteiger partial charge on any atom is -0.295 e. The van der Waals surface area contributed by atoms with Crippen molar-refractivity contribution in [2.75, 3.05) is 13.1 Å². The van der Waals surface area contributed by atoms with Crippen LogP contribution in [0.25, 0.3) is 0 Å². The summed E-state index contributed by atoms with van der Waals surface area (Å²) in [6, 6.07) is -0.221. The van der Waals surface area contributed by atoms with Crippen LogP contribution in [0.5, 0.6) is 0 Å². The highest BCUT2D eigenvalue weighted by Crippen LogP contribution is 2.26. The molecule has 100 valence electrons. The molecule has 1 unspecified atom stereocenters. The maximum Gasteiger partial charge on any atom is 0.243 e. The van der Waals surface area contributed by atoms with Crippen LogP contribution in [0.15, 0.2) is 48.6 Å². The van der Waals surface area contributed by atoms with Gasteiger partial charge in [0.25, 0.3) is 0 Å². The summed E-state index contributed by atoms with van der Waals surface area (Å²) in [5.41, 5.74) is 2.30. The fraction of sp³-hybridized carbons (Fsp3) is 0.333. The van der Waals surface area contributed by atoms with E-state index in [9.17, 15) is 9.59 Å². The molecule has 2 fully saturated rings. The lowest BCUT2D eigenvalue weighted by molar-refractivity contribution is -0.137. The van der Waals surface area contributed by atoms with Crippen molar-refractivity contribution < 1.29 is 9.59 Å². The molecule has 0 saturated carbocycles. The van der Waals surface area contributed by atoms with E-state index in [1.807, 2.05) is 12.2 Å². The van der Waals surface area contributed by atoms with Gasteiger partial charge in [-0.25, -0.2) is 0 Å². The molecule has 2 amide bonds. The minimum atomic E-state index is -0.221. The van der Waals surface area contributed by atoms with Gasteiger partial charge in [-0.05, 0) is 17.6 Å². The largest absolute Gasteiger partial charge is 0.295 e. The van der Waals surface area contributed by atoms with Crippen LogP contribution < -0.4 is 5.32 Å². The summed E-state index contributed by atoms with van der Waals surface area (Å²) in [5, 5.41) is 2.40. The fourth-order valence-electron chi connectivity index (χ4n) is 2.55. The van der Waals surface area contributed by atoms with Crippen LogP contribution >= 0.6 is 0 Å². The Morgan fingerprint density at radius 1 is 1.11 bits per heavy atom. The zero-order chi connectivity index (χ0) is 13.8. The standard InChI is InChI=1S/C15H18N2O2/c1-3-5-11-9-17(10-12(11)6-4-2)13-7-8-14(18)16-15(13)19/h3-6,13H,1-2,7-10H2,(H,16,18,19)/b11-5-,12-6-. The molecule has 1 N–H and O–H groups in total. The normalized spacial score (nSPS) is 28.7. The first kappa shape index (κ1) is 13.5. The van der Waals surface area contributed by atoms with E-state index in [2.05, 4.69) is 23.4 Å². The van der Waals surface area contributed by atoms with Gasteiger partial charge in [-0.2, -0.15) is 0 Å². The van der Waals surface area contributed by atoms with Crippen molar-refractivity contribution >= 4 is 11.8 Å². The van der Waals surface area contributed by atoms with E-state index in [0.29, 0.717) is 25.9 Å². The SMILES string of the molecule is C=C/C=C1/CN(C2CCC(=O)NC2=O)C/C1=C/C=C. The number of rotatable bonds is 3. The van der Waals surface area contributed by atoms with E-state index in [1.54, 1.807) is 12.2 Å². The van der Waals surface area contributed by atoms with Crippen LogP contribution in [0.1, 0.15) is 12.8 Å². The number of piperidine rings is 1. The molecular weight excluding hydrogens is 240 g/mol. The first-order valence-electron chi connectivity index (χ1n) is 6.37. The Morgan fingerprint density at radius 2 is 1.68 bits per heavy atom. The van der Waals surface area contributed by atoms with Crippen molar-refractivity contribution in [2.45, 2.75) is 18.9 Å². The second kappa shape index (κ2) is 5.80. The number of imide groups is 1. The van der Waals surface area contributed by atoms with Crippen LogP contribution in [0.3, 0.4) is 0 Å². The van der Waals surface area contributed by atoms with Crippen LogP contribution in [0, 0.1) is 0 Å². The Kier molecular flexibility index (Phi) is 4.12. The highest BCUT2D eigenvalue weighted by Gasteiger charge is 2.35. The molecule has 0 radical (unpaired) electrons. The van der Waals surface area contributed by atoms with E-state index in [4.69, 9.17) is 0 Å². The lowest BCUT2D eigenvalue weighted by Gasteiger charge is -2.28. The molecule has 0 aromatic carbocycles. The van der Waals surface area contributed by atoms with Gasteiger partial charge in [0, 0.05) is 19.5 Å². The van der Waals surface area contributed by atoms with Crippen LogP contribution in [0.2, 0.25) is 0 Å². The Balaban J connectivity index is 2.15. The predicted octanol–water partition coefficient (Wildman–Crippen LogP) is 1.33. The zero-order valence-electron chi connectivity index (χ0n) is 10.9. The lowest BCUT2D eigenvalue weighted by atomic mass is 10.1. The molecule has 4 heteroatoms. The summed E-state index contributed by atoms with van der Waals surface area (Å²) in [6.45, 7) is 8.83. The Labute approximate surface area is 113 Å². The lowest BCUT2D eigenvalue weighted by Crippen LogP contribution is -2.51. The average molecular weight is 258 g/mol. The third-order valence-corrected chi connectivity index (χ3v) is 3.45. The Hall–Kier alpha value is -1.94. The number of nitrogens with zero attached hydrogens (tertiary/aromatic N) is 1.